The lowest BCUT2D eigenvalue weighted by molar-refractivity contribution is 0.253. The summed E-state index contributed by atoms with van der Waals surface area (Å²) < 4.78 is 49.5. The summed E-state index contributed by atoms with van der Waals surface area (Å²) in [6.07, 6.45) is 4.55. The lowest BCUT2D eigenvalue weighted by Crippen LogP contribution is -2.26. The van der Waals surface area contributed by atoms with Crippen molar-refractivity contribution in [2.24, 2.45) is 0 Å². The van der Waals surface area contributed by atoms with Crippen LogP contribution in [0.1, 0.15) is 58.2 Å². The second kappa shape index (κ2) is 38.4. The van der Waals surface area contributed by atoms with Crippen molar-refractivity contribution < 1.29 is 38.7 Å². The minimum absolute atomic E-state index is 0.0222. The van der Waals surface area contributed by atoms with Crippen LogP contribution in [0.2, 0.25) is 0 Å². The quantitative estimate of drug-likeness (QED) is 0.0392. The number of aliphatic hydroxyl groups is 1. The van der Waals surface area contributed by atoms with Crippen LogP contribution in [-0.2, 0) is 26.2 Å². The molecule has 22 aromatic rings. The van der Waals surface area contributed by atoms with Crippen LogP contribution in [0.4, 0.5) is 27.7 Å². The number of benzene rings is 6. The highest BCUT2D eigenvalue weighted by Crippen LogP contribution is 2.39. The molecule has 45 heteroatoms. The highest BCUT2D eigenvalue weighted by Gasteiger charge is 2.30. The zero-order chi connectivity index (χ0) is 98.6. The molecule has 16 aromatic heterocycles. The van der Waals surface area contributed by atoms with Crippen LogP contribution in [0.3, 0.4) is 0 Å². The van der Waals surface area contributed by atoms with Crippen LogP contribution in [0.25, 0.3) is 130 Å². The Morgan fingerprint density at radius 1 is 0.390 bits per heavy atom. The number of nitrogen functional groups attached to an aromatic ring is 4. The van der Waals surface area contributed by atoms with Gasteiger partial charge in [-0.25, -0.2) is 82.9 Å². The Morgan fingerprint density at radius 3 is 1.06 bits per heavy atom. The molecular formula is C96H78BrFN28O11S4. The molecule has 16 heterocycles. The molecule has 0 amide bonds. The van der Waals surface area contributed by atoms with E-state index in [2.05, 4.69) is 82.9 Å². The fourth-order valence-electron chi connectivity index (χ4n) is 16.4. The van der Waals surface area contributed by atoms with E-state index < -0.39 is 11.9 Å². The molecule has 1 atom stereocenters. The van der Waals surface area contributed by atoms with Gasteiger partial charge in [0.15, 0.2) is 22.6 Å². The number of methoxy groups -OCH3 is 4. The van der Waals surface area contributed by atoms with Gasteiger partial charge in [0.05, 0.1) is 94.3 Å². The molecule has 39 nitrogen and oxygen atoms in total. The first-order valence-corrected chi connectivity index (χ1v) is 47.1. The molecule has 6 aromatic carbocycles. The third-order valence-corrected chi connectivity index (χ3v) is 27.3. The molecule has 0 bridgehead atoms. The minimum atomic E-state index is -0.845. The van der Waals surface area contributed by atoms with Crippen molar-refractivity contribution in [3.8, 4) is 91.6 Å². The lowest BCUT2D eigenvalue weighted by Gasteiger charge is -2.15. The van der Waals surface area contributed by atoms with Gasteiger partial charge < -0.3 is 57.2 Å². The van der Waals surface area contributed by atoms with Gasteiger partial charge in [-0.05, 0) is 173 Å². The average Bonchev–Trinajstić information content (AvgIpc) is 1.64. The molecule has 0 aliphatic carbocycles. The molecule has 0 radical (unpaired) electrons. The third kappa shape index (κ3) is 17.3. The number of nitrogens with zero attached hydrogens (tertiary/aromatic N) is 24. The Bertz CT molecular complexity index is 9080. The second-order valence-corrected chi connectivity index (χ2v) is 35.9. The summed E-state index contributed by atoms with van der Waals surface area (Å²) in [5.74, 6) is 9.56. The highest BCUT2D eigenvalue weighted by molar-refractivity contribution is 9.10. The van der Waals surface area contributed by atoms with E-state index in [1.54, 1.807) is 105 Å². The first kappa shape index (κ1) is 92.9. The fraction of sp³-hybridized carbons (Fsp3) is 0.146. The van der Waals surface area contributed by atoms with E-state index in [1.807, 2.05) is 122 Å². The van der Waals surface area contributed by atoms with Crippen LogP contribution in [0.5, 0.6) is 34.5 Å². The van der Waals surface area contributed by atoms with Gasteiger partial charge in [-0.3, -0.25) is 37.4 Å². The smallest absolute Gasteiger partial charge is 0.267 e. The number of nitrogens with two attached hydrogens (primary N) is 4. The third-order valence-electron chi connectivity index (χ3n) is 22.8. The Morgan fingerprint density at radius 2 is 0.709 bits per heavy atom. The van der Waals surface area contributed by atoms with Crippen LogP contribution in [0.15, 0.2) is 210 Å². The number of rotatable bonds is 18. The largest absolute Gasteiger partial charge is 0.508 e. The minimum Gasteiger partial charge on any atom is -0.508 e. The Hall–Kier alpha value is -17.2. The molecule has 0 saturated carbocycles. The van der Waals surface area contributed by atoms with Crippen LogP contribution >= 0.6 is 61.3 Å². The number of aromatic hydroxyl groups is 2. The molecule has 0 spiro atoms. The van der Waals surface area contributed by atoms with Gasteiger partial charge >= 0.3 is 0 Å². The number of phenolic OH excluding ortho intramolecular Hbond substituents is 2. The molecule has 0 aliphatic rings. The number of aryl methyl sites for hydroxylation is 4. The Kier molecular flexibility index (Phi) is 25.3. The lowest BCUT2D eigenvalue weighted by atomic mass is 10.1. The van der Waals surface area contributed by atoms with Crippen molar-refractivity contribution in [3.63, 3.8) is 0 Å². The number of para-hydroxylation sites is 8. The van der Waals surface area contributed by atoms with E-state index in [4.69, 9.17) is 66.9 Å². The van der Waals surface area contributed by atoms with Crippen molar-refractivity contribution in [2.75, 3.05) is 51.4 Å². The molecule has 22 rings (SSSR count). The maximum Gasteiger partial charge on any atom is 0.267 e. The van der Waals surface area contributed by atoms with Gasteiger partial charge in [0, 0.05) is 17.2 Å². The first-order chi connectivity index (χ1) is 68.2. The number of aromatic nitrogens is 24. The average molecular weight is 2030 g/mol. The maximum atomic E-state index is 14.2. The van der Waals surface area contributed by atoms with Crippen LogP contribution in [-0.4, -0.2) is 167 Å². The fourth-order valence-corrected chi connectivity index (χ4v) is 20.7. The van der Waals surface area contributed by atoms with Gasteiger partial charge in [-0.15, -0.1) is 45.3 Å². The van der Waals surface area contributed by atoms with Gasteiger partial charge in [-0.1, -0.05) is 66.6 Å². The van der Waals surface area contributed by atoms with Crippen molar-refractivity contribution in [1.82, 2.24) is 117 Å². The summed E-state index contributed by atoms with van der Waals surface area (Å²) in [4.78, 5) is 111. The van der Waals surface area contributed by atoms with Crippen LogP contribution < -0.4 is 64.1 Å². The van der Waals surface area contributed by atoms with E-state index in [0.29, 0.717) is 187 Å². The number of phenols is 2. The van der Waals surface area contributed by atoms with Crippen molar-refractivity contribution in [1.29, 1.82) is 0 Å². The van der Waals surface area contributed by atoms with Gasteiger partial charge in [0.1, 0.15) is 185 Å². The van der Waals surface area contributed by atoms with Crippen molar-refractivity contribution in [2.45, 2.75) is 66.9 Å². The number of hydrogen-bond acceptors (Lipinski definition) is 35. The number of fused-ring (bicyclic) bond motifs is 8. The zero-order valence-corrected chi connectivity index (χ0v) is 80.7. The van der Waals surface area contributed by atoms with Gasteiger partial charge in [-0.2, -0.15) is 20.4 Å². The molecule has 11 N–H and O–H groups in total. The van der Waals surface area contributed by atoms with E-state index in [9.17, 15) is 38.9 Å². The topological polar surface area (TPSA) is 516 Å². The Labute approximate surface area is 819 Å². The molecule has 0 aliphatic heterocycles. The Balaban J connectivity index is 0.000000120. The highest BCUT2D eigenvalue weighted by atomic mass is 79.9. The normalized spacial score (nSPS) is 11.6. The number of aliphatic hydroxyl groups excluding tert-OH is 1. The molecule has 706 valence electrons. The molecule has 0 fully saturated rings. The number of anilines is 4. The van der Waals surface area contributed by atoms with Crippen molar-refractivity contribution >= 4 is 170 Å². The number of thiophene rings is 4. The van der Waals surface area contributed by atoms with E-state index in [-0.39, 0.29) is 83.1 Å². The predicted octanol–water partition coefficient (Wildman–Crippen LogP) is 13.5. The van der Waals surface area contributed by atoms with Crippen molar-refractivity contribution in [3.05, 3.63) is 289 Å². The second-order valence-electron chi connectivity index (χ2n) is 31.7. The number of ether oxygens (including phenoxy) is 4. The standard InChI is InChI=1S/C26H20FN7O3S.C26H21N7O3S.C24H21N7O3S.C20H16BrN7O2S/c1-13-11-38-25-20(13)26(36)34(17-5-3-4-6-18(17)37-2)19(31-25)10-33-24-21(23(28)29-12-30-24)22(32-33)14-7-15(27)9-16(35)8-14;1-14-12-37-25-20(14)26(35)33(17-8-3-4-9-18(17)36-2)19(30-25)11-32-24-21(23(27)28-13-29-24)22(31-32)15-6-5-7-16(34)10-15;1-13-11-35-23-19(13)24(33)31(16-6-4-5-7-17(16)34-3)18(28-23)10-30-22-20(21(25)26-12-27-22)15(29-30)9-8-14(2)32;1-10-8-31-19-14(10)20(29)28(11-5-3-4-6-12(11)30-2)13(25-19)7-27-18-15(16(21)26-27)17(22)23-9-24-18/h3-9,11-12,35H,10H2,1-2H3,(H2,28,29,30);3-10,12-13,34H,11H2,1-2H3,(H2,27,28,29);4-7,11-12,14,32H,10H2,1-3H3,(H2,25,26,27);3-6,8-9H,7H2,1-2H3,(H2,22,23,24)/t;;14-;/m..1./s1. The zero-order valence-electron chi connectivity index (χ0n) is 75.8. The molecule has 0 saturated heterocycles. The van der Waals surface area contributed by atoms with Gasteiger partial charge in [0.25, 0.3) is 22.2 Å². The summed E-state index contributed by atoms with van der Waals surface area (Å²) >= 11 is 9.07. The van der Waals surface area contributed by atoms with E-state index in [0.717, 1.165) is 28.3 Å². The first-order valence-electron chi connectivity index (χ1n) is 42.7. The monoisotopic (exact) mass is 2020 g/mol. The summed E-state index contributed by atoms with van der Waals surface area (Å²) in [6, 6.07) is 39.4. The number of halogens is 2. The summed E-state index contributed by atoms with van der Waals surface area (Å²) in [5.41, 5.74) is 33.4. The molecule has 0 unspecified atom stereocenters. The molecule has 141 heavy (non-hydrogen) atoms. The van der Waals surface area contributed by atoms with E-state index in [1.165, 1.54) is 99.1 Å². The SMILES string of the molecule is COc1ccccc1-n1c(Cn2nc(-c3cc(O)cc(F)c3)c3c(N)ncnc32)nc2scc(C)c2c1=O.COc1ccccc1-n1c(Cn2nc(-c3cccc(O)c3)c3c(N)ncnc32)nc2scc(C)c2c1=O.COc1ccccc1-n1c(Cn2nc(Br)c3c(N)ncnc32)nc2scc(C)c2c1=O.COc1ccccc1-n1c(Cn2nc(C#C[C@@H](C)O)c3c(N)ncnc32)nc2scc(C)c2c1=O. The van der Waals surface area contributed by atoms with Crippen LogP contribution in [0, 0.1) is 45.4 Å². The maximum absolute atomic E-state index is 14.2. The summed E-state index contributed by atoms with van der Waals surface area (Å²) in [5, 5.41) is 60.1. The summed E-state index contributed by atoms with van der Waals surface area (Å²) in [7, 11) is 6.22. The predicted molar refractivity (Wildman–Crippen MR) is 542 cm³/mol. The molecular weight excluding hydrogens is 1950 g/mol. The number of hydrogen-bond donors (Lipinski definition) is 7. The summed E-state index contributed by atoms with van der Waals surface area (Å²) in [6.45, 7) is 9.56. The van der Waals surface area contributed by atoms with Gasteiger partial charge in [0.2, 0.25) is 0 Å². The van der Waals surface area contributed by atoms with E-state index >= 15 is 0 Å².